The van der Waals surface area contributed by atoms with Crippen LogP contribution < -0.4 is 0 Å². The van der Waals surface area contributed by atoms with E-state index < -0.39 is 82.1 Å². The molecular formula is C26H31ClO10. The molecule has 0 saturated carbocycles. The Morgan fingerprint density at radius 3 is 2.19 bits per heavy atom. The molecule has 1 spiro atoms. The van der Waals surface area contributed by atoms with Gasteiger partial charge in [-0.05, 0) is 24.6 Å². The Morgan fingerprint density at radius 1 is 1.08 bits per heavy atom. The van der Waals surface area contributed by atoms with Gasteiger partial charge in [-0.3, -0.25) is 19.2 Å². The van der Waals surface area contributed by atoms with E-state index in [0.29, 0.717) is 0 Å². The molecule has 2 saturated heterocycles. The van der Waals surface area contributed by atoms with E-state index in [4.69, 9.17) is 35.3 Å². The van der Waals surface area contributed by atoms with Crippen LogP contribution in [0.15, 0.2) is 36.5 Å². The summed E-state index contributed by atoms with van der Waals surface area (Å²) in [5.74, 6) is -4.82. The van der Waals surface area contributed by atoms with Crippen molar-refractivity contribution < 1.29 is 48.0 Å². The topological polar surface area (TPSA) is 138 Å². The number of hydrogen-bond acceptors (Lipinski definition) is 10. The number of esters is 4. The van der Waals surface area contributed by atoms with Gasteiger partial charge < -0.3 is 28.8 Å². The van der Waals surface area contributed by atoms with Gasteiger partial charge in [0.1, 0.15) is 17.8 Å². The molecule has 37 heavy (non-hydrogen) atoms. The molecule has 2 fully saturated rings. The molecule has 0 radical (unpaired) electrons. The van der Waals surface area contributed by atoms with Crippen molar-refractivity contribution in [1.29, 1.82) is 0 Å². The molecule has 2 aliphatic heterocycles. The fraction of sp³-hybridized carbons (Fsp3) is 0.615. The number of ether oxygens (including phenoxy) is 5. The van der Waals surface area contributed by atoms with Crippen LogP contribution in [0.4, 0.5) is 0 Å². The van der Waals surface area contributed by atoms with Gasteiger partial charge >= 0.3 is 23.9 Å². The Morgan fingerprint density at radius 2 is 1.65 bits per heavy atom. The van der Waals surface area contributed by atoms with Crippen LogP contribution in [0.1, 0.15) is 34.6 Å². The first-order valence-corrected chi connectivity index (χ1v) is 12.4. The molecule has 0 bridgehead atoms. The number of rotatable bonds is 3. The highest BCUT2D eigenvalue weighted by Gasteiger charge is 2.75. The van der Waals surface area contributed by atoms with Gasteiger partial charge in [-0.25, -0.2) is 0 Å². The Labute approximate surface area is 219 Å². The number of halogens is 1. The first-order chi connectivity index (χ1) is 17.2. The zero-order chi connectivity index (χ0) is 27.5. The van der Waals surface area contributed by atoms with Gasteiger partial charge in [0.15, 0.2) is 17.8 Å². The molecular weight excluding hydrogens is 508 g/mol. The lowest BCUT2D eigenvalue weighted by Crippen LogP contribution is -2.68. The smallest absolute Gasteiger partial charge is 0.312 e. The van der Waals surface area contributed by atoms with Crippen LogP contribution in [0.25, 0.3) is 0 Å². The number of carbonyl (C=O) groups excluding carboxylic acids is 4. The standard InChI is InChI=1S/C26H31ClO10/c1-12-7-8-17(34-14(3)28)24(6)10-9-18(35-15(4)29)25(11-33-25)20(24)22(36-16(5)30)26(32)13(2)23(31)37-21(26)19(12)27/h7-10,13,17-22,32H,1,11H2,2-6H3. The second-order valence-corrected chi connectivity index (χ2v) is 10.8. The average molecular weight is 539 g/mol. The van der Waals surface area contributed by atoms with Crippen LogP contribution in [0, 0.1) is 17.3 Å². The van der Waals surface area contributed by atoms with E-state index in [9.17, 15) is 24.3 Å². The fourth-order valence-corrected chi connectivity index (χ4v) is 6.31. The van der Waals surface area contributed by atoms with Gasteiger partial charge in [0.2, 0.25) is 0 Å². The number of alkyl halides is 1. The third kappa shape index (κ3) is 4.28. The zero-order valence-electron chi connectivity index (χ0n) is 21.3. The summed E-state index contributed by atoms with van der Waals surface area (Å²) >= 11 is 6.69. The number of fused-ring (bicyclic) bond motifs is 3. The molecule has 10 unspecified atom stereocenters. The number of allylic oxidation sites excluding steroid dienone is 1. The Balaban J connectivity index is 2.03. The van der Waals surface area contributed by atoms with Gasteiger partial charge in [0.05, 0.1) is 17.9 Å². The SMILES string of the molecule is C=C1C=CC(OC(C)=O)C2(C)C=CC(OC(C)=O)C3(CO3)C2C(OC(C)=O)C2(O)C(C)C(=O)OC2C1Cl. The maximum Gasteiger partial charge on any atom is 0.312 e. The minimum atomic E-state index is -2.15. The van der Waals surface area contributed by atoms with Gasteiger partial charge in [-0.2, -0.15) is 0 Å². The second-order valence-electron chi connectivity index (χ2n) is 10.3. The van der Waals surface area contributed by atoms with Gasteiger partial charge in [-0.1, -0.05) is 25.7 Å². The van der Waals surface area contributed by atoms with Crippen molar-refractivity contribution in [3.63, 3.8) is 0 Å². The molecule has 0 aromatic heterocycles. The molecule has 2 heterocycles. The number of carbonyl (C=O) groups is 4. The van der Waals surface area contributed by atoms with Gasteiger partial charge in [0, 0.05) is 32.1 Å². The molecule has 1 N–H and O–H groups in total. The van der Waals surface area contributed by atoms with Crippen molar-refractivity contribution in [2.24, 2.45) is 17.3 Å². The monoisotopic (exact) mass is 538 g/mol. The van der Waals surface area contributed by atoms with Gasteiger partial charge in [-0.15, -0.1) is 11.6 Å². The lowest BCUT2D eigenvalue weighted by molar-refractivity contribution is -0.214. The minimum absolute atomic E-state index is 0.0742. The van der Waals surface area contributed by atoms with E-state index in [0.717, 1.165) is 0 Å². The molecule has 2 aliphatic carbocycles. The third-order valence-corrected chi connectivity index (χ3v) is 8.40. The average Bonchev–Trinajstić information content (AvgIpc) is 3.55. The molecule has 0 aromatic carbocycles. The van der Waals surface area contributed by atoms with Crippen molar-refractivity contribution in [3.05, 3.63) is 36.5 Å². The number of hydrogen-bond donors (Lipinski definition) is 1. The highest BCUT2D eigenvalue weighted by molar-refractivity contribution is 6.23. The maximum atomic E-state index is 12.8. The summed E-state index contributed by atoms with van der Waals surface area (Å²) in [6, 6.07) is 0. The van der Waals surface area contributed by atoms with Crippen LogP contribution in [0.2, 0.25) is 0 Å². The molecule has 4 aliphatic rings. The minimum Gasteiger partial charge on any atom is -0.459 e. The summed E-state index contributed by atoms with van der Waals surface area (Å²) in [5.41, 5.74) is -4.34. The summed E-state index contributed by atoms with van der Waals surface area (Å²) < 4.78 is 28.6. The summed E-state index contributed by atoms with van der Waals surface area (Å²) in [4.78, 5) is 49.5. The zero-order valence-corrected chi connectivity index (χ0v) is 22.0. The van der Waals surface area contributed by atoms with Crippen LogP contribution in [-0.4, -0.2) is 76.6 Å². The second kappa shape index (κ2) is 9.25. The van der Waals surface area contributed by atoms with E-state index in [1.807, 2.05) is 0 Å². The molecule has 10 nitrogen and oxygen atoms in total. The van der Waals surface area contributed by atoms with E-state index in [1.54, 1.807) is 31.2 Å². The van der Waals surface area contributed by atoms with Crippen molar-refractivity contribution in [1.82, 2.24) is 0 Å². The van der Waals surface area contributed by atoms with Crippen LogP contribution >= 0.6 is 11.6 Å². The summed E-state index contributed by atoms with van der Waals surface area (Å²) in [6.07, 6.45) is 1.76. The third-order valence-electron chi connectivity index (χ3n) is 7.89. The Kier molecular flexibility index (Phi) is 6.84. The molecule has 11 heteroatoms. The largest absolute Gasteiger partial charge is 0.459 e. The lowest BCUT2D eigenvalue weighted by Gasteiger charge is -2.53. The van der Waals surface area contributed by atoms with Crippen molar-refractivity contribution in [3.8, 4) is 0 Å². The predicted molar refractivity (Wildman–Crippen MR) is 128 cm³/mol. The number of epoxide rings is 1. The molecule has 0 aromatic rings. The van der Waals surface area contributed by atoms with Crippen molar-refractivity contribution in [2.45, 2.75) is 75.6 Å². The molecule has 4 rings (SSSR count). The molecule has 10 atom stereocenters. The van der Waals surface area contributed by atoms with Crippen LogP contribution in [-0.2, 0) is 42.9 Å². The highest BCUT2D eigenvalue weighted by atomic mass is 35.5. The van der Waals surface area contributed by atoms with Crippen LogP contribution in [0.5, 0.6) is 0 Å². The summed E-state index contributed by atoms with van der Waals surface area (Å²) in [5, 5.41) is 11.2. The first-order valence-electron chi connectivity index (χ1n) is 12.0. The van der Waals surface area contributed by atoms with E-state index >= 15 is 0 Å². The van der Waals surface area contributed by atoms with Crippen LogP contribution in [0.3, 0.4) is 0 Å². The highest BCUT2D eigenvalue weighted by Crippen LogP contribution is 2.60. The quantitative estimate of drug-likeness (QED) is 0.186. The summed E-state index contributed by atoms with van der Waals surface area (Å²) in [7, 11) is 0. The fourth-order valence-electron chi connectivity index (χ4n) is 5.98. The first kappa shape index (κ1) is 27.3. The van der Waals surface area contributed by atoms with E-state index in [2.05, 4.69) is 6.58 Å². The van der Waals surface area contributed by atoms with Crippen molar-refractivity contribution in [2.75, 3.05) is 6.61 Å². The predicted octanol–water partition coefficient (Wildman–Crippen LogP) is 1.77. The lowest BCUT2D eigenvalue weighted by atomic mass is 9.56. The Hall–Kier alpha value is -2.69. The van der Waals surface area contributed by atoms with E-state index in [-0.39, 0.29) is 12.2 Å². The normalized spacial score (nSPS) is 44.4. The van der Waals surface area contributed by atoms with Crippen molar-refractivity contribution >= 4 is 35.5 Å². The maximum absolute atomic E-state index is 12.8. The summed E-state index contributed by atoms with van der Waals surface area (Å²) in [6.45, 7) is 10.9. The van der Waals surface area contributed by atoms with Gasteiger partial charge in [0.25, 0.3) is 0 Å². The number of aliphatic hydroxyl groups is 1. The molecule has 202 valence electrons. The Bertz CT molecular complexity index is 1090. The van der Waals surface area contributed by atoms with E-state index in [1.165, 1.54) is 27.7 Å². The molecule has 0 amide bonds.